The number of ether oxygens (including phenoxy) is 2. The van der Waals surface area contributed by atoms with Crippen LogP contribution in [0.25, 0.3) is 0 Å². The molecule has 0 aromatic carbocycles. The van der Waals surface area contributed by atoms with Crippen molar-refractivity contribution in [2.45, 2.75) is 13.0 Å². The largest absolute Gasteiger partial charge is 0.480 e. The Morgan fingerprint density at radius 1 is 1.61 bits per heavy atom. The van der Waals surface area contributed by atoms with E-state index in [2.05, 4.69) is 11.8 Å². The van der Waals surface area contributed by atoms with Crippen LogP contribution in [0.5, 0.6) is 0 Å². The van der Waals surface area contributed by atoms with Gasteiger partial charge in [-0.2, -0.15) is 0 Å². The second-order valence-corrected chi connectivity index (χ2v) is 4.51. The van der Waals surface area contributed by atoms with Crippen molar-refractivity contribution in [3.63, 3.8) is 0 Å². The second kappa shape index (κ2) is 8.42. The van der Waals surface area contributed by atoms with Gasteiger partial charge in [0.2, 0.25) is 0 Å². The number of aliphatic carboxylic acids is 1. The van der Waals surface area contributed by atoms with E-state index in [9.17, 15) is 4.79 Å². The van der Waals surface area contributed by atoms with Gasteiger partial charge in [0.1, 0.15) is 0 Å². The molecule has 18 heavy (non-hydrogen) atoms. The van der Waals surface area contributed by atoms with Crippen molar-refractivity contribution >= 4 is 5.97 Å². The number of hydrogen-bond acceptors (Lipinski definition) is 5. The standard InChI is InChI=1S/C12H24N2O4/c1-3-13-5-7-18-11(8-13)9-14(4-6-17-2)10-12(15)16/h11H,3-10H2,1-2H3,(H,15,16). The van der Waals surface area contributed by atoms with Gasteiger partial charge in [-0.05, 0) is 6.54 Å². The highest BCUT2D eigenvalue weighted by Gasteiger charge is 2.22. The Bertz CT molecular complexity index is 250. The van der Waals surface area contributed by atoms with E-state index in [4.69, 9.17) is 14.6 Å². The first kappa shape index (κ1) is 15.4. The lowest BCUT2D eigenvalue weighted by Crippen LogP contribution is -2.48. The number of carboxylic acids is 1. The maximum atomic E-state index is 10.8. The van der Waals surface area contributed by atoms with Crippen LogP contribution in [0.3, 0.4) is 0 Å². The molecule has 1 fully saturated rings. The first-order valence-corrected chi connectivity index (χ1v) is 6.42. The minimum absolute atomic E-state index is 0.0370. The van der Waals surface area contributed by atoms with Gasteiger partial charge in [-0.1, -0.05) is 6.92 Å². The molecule has 1 saturated heterocycles. The average molecular weight is 260 g/mol. The van der Waals surface area contributed by atoms with Crippen molar-refractivity contribution in [2.24, 2.45) is 0 Å². The summed E-state index contributed by atoms with van der Waals surface area (Å²) in [6, 6.07) is 0. The van der Waals surface area contributed by atoms with Crippen molar-refractivity contribution in [2.75, 3.05) is 59.6 Å². The molecular formula is C12H24N2O4. The van der Waals surface area contributed by atoms with Crippen LogP contribution >= 0.6 is 0 Å². The van der Waals surface area contributed by atoms with E-state index in [-0.39, 0.29) is 12.6 Å². The third kappa shape index (κ3) is 5.77. The Hall–Kier alpha value is -0.690. The zero-order valence-electron chi connectivity index (χ0n) is 11.3. The molecule has 0 radical (unpaired) electrons. The van der Waals surface area contributed by atoms with Gasteiger partial charge in [0.05, 0.1) is 25.9 Å². The van der Waals surface area contributed by atoms with Gasteiger partial charge >= 0.3 is 5.97 Å². The zero-order valence-corrected chi connectivity index (χ0v) is 11.3. The summed E-state index contributed by atoms with van der Waals surface area (Å²) in [6.07, 6.45) is 0.0925. The van der Waals surface area contributed by atoms with Crippen molar-refractivity contribution in [1.82, 2.24) is 9.80 Å². The average Bonchev–Trinajstić information content (AvgIpc) is 2.35. The van der Waals surface area contributed by atoms with E-state index < -0.39 is 5.97 Å². The molecule has 0 aromatic rings. The van der Waals surface area contributed by atoms with Crippen LogP contribution in [-0.2, 0) is 14.3 Å². The molecule has 0 bridgehead atoms. The fourth-order valence-corrected chi connectivity index (χ4v) is 2.11. The number of likely N-dealkylation sites (N-methyl/N-ethyl adjacent to an activating group) is 1. The molecule has 0 saturated carbocycles. The van der Waals surface area contributed by atoms with Crippen molar-refractivity contribution in [1.29, 1.82) is 0 Å². The first-order chi connectivity index (χ1) is 8.65. The van der Waals surface area contributed by atoms with E-state index in [1.165, 1.54) is 0 Å². The molecule has 0 aliphatic carbocycles. The summed E-state index contributed by atoms with van der Waals surface area (Å²) in [6.45, 7) is 7.54. The van der Waals surface area contributed by atoms with Gasteiger partial charge in [-0.3, -0.25) is 14.6 Å². The number of carbonyl (C=O) groups is 1. The van der Waals surface area contributed by atoms with Crippen LogP contribution in [0.15, 0.2) is 0 Å². The molecule has 6 nitrogen and oxygen atoms in total. The number of morpholine rings is 1. The highest BCUT2D eigenvalue weighted by atomic mass is 16.5. The van der Waals surface area contributed by atoms with Crippen LogP contribution in [0, 0.1) is 0 Å². The fraction of sp³-hybridized carbons (Fsp3) is 0.917. The summed E-state index contributed by atoms with van der Waals surface area (Å²) in [5.74, 6) is -0.811. The molecule has 1 atom stereocenters. The normalized spacial score (nSPS) is 21.4. The third-order valence-electron chi connectivity index (χ3n) is 3.10. The Morgan fingerprint density at radius 2 is 2.39 bits per heavy atom. The van der Waals surface area contributed by atoms with E-state index in [0.29, 0.717) is 19.7 Å². The predicted molar refractivity (Wildman–Crippen MR) is 67.8 cm³/mol. The molecule has 0 spiro atoms. The van der Waals surface area contributed by atoms with Crippen LogP contribution in [0.2, 0.25) is 0 Å². The van der Waals surface area contributed by atoms with E-state index in [1.807, 2.05) is 4.90 Å². The number of methoxy groups -OCH3 is 1. The molecular weight excluding hydrogens is 236 g/mol. The number of carboxylic acid groups (broad SMARTS) is 1. The molecule has 106 valence electrons. The van der Waals surface area contributed by atoms with Gasteiger partial charge in [0.25, 0.3) is 0 Å². The van der Waals surface area contributed by atoms with Crippen LogP contribution in [0.4, 0.5) is 0 Å². The Labute approximate surface area is 108 Å². The Balaban J connectivity index is 2.40. The summed E-state index contributed by atoms with van der Waals surface area (Å²) in [7, 11) is 1.62. The maximum absolute atomic E-state index is 10.8. The zero-order chi connectivity index (χ0) is 13.4. The van der Waals surface area contributed by atoms with Crippen molar-refractivity contribution in [3.05, 3.63) is 0 Å². The summed E-state index contributed by atoms with van der Waals surface area (Å²) in [4.78, 5) is 15.0. The summed E-state index contributed by atoms with van der Waals surface area (Å²) < 4.78 is 10.7. The topological polar surface area (TPSA) is 62.2 Å². The highest BCUT2D eigenvalue weighted by Crippen LogP contribution is 2.06. The summed E-state index contributed by atoms with van der Waals surface area (Å²) in [5, 5.41) is 8.88. The smallest absolute Gasteiger partial charge is 0.317 e. The van der Waals surface area contributed by atoms with Gasteiger partial charge in [-0.25, -0.2) is 0 Å². The molecule has 1 rings (SSSR count). The molecule has 1 aliphatic rings. The molecule has 1 heterocycles. The van der Waals surface area contributed by atoms with E-state index in [0.717, 1.165) is 26.2 Å². The van der Waals surface area contributed by atoms with Gasteiger partial charge in [0.15, 0.2) is 0 Å². The quantitative estimate of drug-likeness (QED) is 0.649. The molecule has 0 aromatic heterocycles. The number of nitrogens with zero attached hydrogens (tertiary/aromatic N) is 2. The first-order valence-electron chi connectivity index (χ1n) is 6.42. The Morgan fingerprint density at radius 3 is 3.00 bits per heavy atom. The predicted octanol–water partition coefficient (Wildman–Crippen LogP) is -0.260. The number of rotatable bonds is 8. The lowest BCUT2D eigenvalue weighted by molar-refractivity contribution is -0.139. The molecule has 1 unspecified atom stereocenters. The monoisotopic (exact) mass is 260 g/mol. The molecule has 0 amide bonds. The van der Waals surface area contributed by atoms with Crippen LogP contribution in [0.1, 0.15) is 6.92 Å². The van der Waals surface area contributed by atoms with Crippen LogP contribution in [-0.4, -0.2) is 86.6 Å². The Kier molecular flexibility index (Phi) is 7.19. The third-order valence-corrected chi connectivity index (χ3v) is 3.10. The van der Waals surface area contributed by atoms with Gasteiger partial charge in [0, 0.05) is 33.3 Å². The minimum Gasteiger partial charge on any atom is -0.480 e. The fourth-order valence-electron chi connectivity index (χ4n) is 2.11. The van der Waals surface area contributed by atoms with Gasteiger partial charge in [-0.15, -0.1) is 0 Å². The summed E-state index contributed by atoms with van der Waals surface area (Å²) in [5.41, 5.74) is 0. The minimum atomic E-state index is -0.811. The molecule has 1 N–H and O–H groups in total. The second-order valence-electron chi connectivity index (χ2n) is 4.51. The maximum Gasteiger partial charge on any atom is 0.317 e. The lowest BCUT2D eigenvalue weighted by atomic mass is 10.2. The number of hydrogen-bond donors (Lipinski definition) is 1. The lowest BCUT2D eigenvalue weighted by Gasteiger charge is -2.34. The molecule has 6 heteroatoms. The van der Waals surface area contributed by atoms with Crippen LogP contribution < -0.4 is 0 Å². The van der Waals surface area contributed by atoms with Crippen molar-refractivity contribution < 1.29 is 19.4 Å². The van der Waals surface area contributed by atoms with Crippen molar-refractivity contribution in [3.8, 4) is 0 Å². The van der Waals surface area contributed by atoms with Gasteiger partial charge < -0.3 is 14.6 Å². The van der Waals surface area contributed by atoms with E-state index >= 15 is 0 Å². The highest BCUT2D eigenvalue weighted by molar-refractivity contribution is 5.69. The molecule has 1 aliphatic heterocycles. The SMILES string of the molecule is CCN1CCOC(CN(CCOC)CC(=O)O)C1. The summed E-state index contributed by atoms with van der Waals surface area (Å²) >= 11 is 0. The van der Waals surface area contributed by atoms with E-state index in [1.54, 1.807) is 7.11 Å².